The number of halogens is 2. The molecule has 1 aromatic rings. The smallest absolute Gasteiger partial charge is 0.254 e. The molecule has 0 aromatic heterocycles. The molecule has 20 heavy (non-hydrogen) atoms. The maximum Gasteiger partial charge on any atom is 0.254 e. The van der Waals surface area contributed by atoms with Gasteiger partial charge in [0.1, 0.15) is 5.84 Å². The lowest BCUT2D eigenvalue weighted by Crippen LogP contribution is -2.35. The minimum absolute atomic E-state index is 0.0588. The number of amides is 1. The summed E-state index contributed by atoms with van der Waals surface area (Å²) in [6.45, 7) is 0.447. The van der Waals surface area contributed by atoms with E-state index in [0.29, 0.717) is 23.6 Å². The molecule has 1 fully saturated rings. The average Bonchev–Trinajstić information content (AvgIpc) is 3.26. The predicted molar refractivity (Wildman–Crippen MR) is 86.3 cm³/mol. The molecule has 0 bridgehead atoms. The van der Waals surface area contributed by atoms with Crippen LogP contribution in [0, 0.1) is 3.57 Å². The topological polar surface area (TPSA) is 78.9 Å². The van der Waals surface area contributed by atoms with Gasteiger partial charge in [-0.05, 0) is 53.6 Å². The fraction of sp³-hybridized carbons (Fsp3) is 0.385. The highest BCUT2D eigenvalue weighted by Gasteiger charge is 2.33. The quantitative estimate of drug-likeness (QED) is 0.259. The van der Waals surface area contributed by atoms with Crippen molar-refractivity contribution in [2.75, 3.05) is 6.54 Å². The Balaban J connectivity index is 2.12. The van der Waals surface area contributed by atoms with Gasteiger partial charge in [0.25, 0.3) is 5.91 Å². The molecule has 0 heterocycles. The number of carbonyl (C=O) groups is 1. The highest BCUT2D eigenvalue weighted by atomic mass is 127. The van der Waals surface area contributed by atoms with Crippen LogP contribution in [0.3, 0.4) is 0 Å². The Labute approximate surface area is 135 Å². The van der Waals surface area contributed by atoms with Gasteiger partial charge in [0.2, 0.25) is 0 Å². The molecular weight excluding hydrogens is 393 g/mol. The van der Waals surface area contributed by atoms with Crippen molar-refractivity contribution < 1.29 is 10.0 Å². The second kappa shape index (κ2) is 6.62. The minimum atomic E-state index is -0.0588. The molecule has 108 valence electrons. The van der Waals surface area contributed by atoms with E-state index < -0.39 is 0 Å². The standard InChI is InChI=1S/C13H15ClIN3O2/c14-10-7-8(1-4-11(10)15)13(19)18(9-2-3-9)6-5-12(16)17-20/h1,4,7,9,20H,2-3,5-6H2,(H2,16,17). The first-order valence-electron chi connectivity index (χ1n) is 6.25. The molecule has 1 saturated carbocycles. The summed E-state index contributed by atoms with van der Waals surface area (Å²) in [6.07, 6.45) is 2.36. The van der Waals surface area contributed by atoms with E-state index in [2.05, 4.69) is 27.7 Å². The van der Waals surface area contributed by atoms with Crippen molar-refractivity contribution in [2.24, 2.45) is 10.9 Å². The highest BCUT2D eigenvalue weighted by Crippen LogP contribution is 2.29. The zero-order valence-corrected chi connectivity index (χ0v) is 13.6. The van der Waals surface area contributed by atoms with Crippen LogP contribution < -0.4 is 5.73 Å². The fourth-order valence-electron chi connectivity index (χ4n) is 1.92. The Bertz CT molecular complexity index is 546. The van der Waals surface area contributed by atoms with Crippen LogP contribution in [-0.4, -0.2) is 34.4 Å². The fourth-order valence-corrected chi connectivity index (χ4v) is 2.43. The summed E-state index contributed by atoms with van der Waals surface area (Å²) in [5, 5.41) is 12.1. The zero-order chi connectivity index (χ0) is 14.7. The summed E-state index contributed by atoms with van der Waals surface area (Å²) in [4.78, 5) is 14.3. The van der Waals surface area contributed by atoms with Crippen molar-refractivity contribution in [3.8, 4) is 0 Å². The maximum absolute atomic E-state index is 12.5. The van der Waals surface area contributed by atoms with Crippen LogP contribution in [0.25, 0.3) is 0 Å². The van der Waals surface area contributed by atoms with Gasteiger partial charge in [-0.25, -0.2) is 0 Å². The van der Waals surface area contributed by atoms with E-state index in [0.717, 1.165) is 16.4 Å². The predicted octanol–water partition coefficient (Wildman–Crippen LogP) is 2.69. The lowest BCUT2D eigenvalue weighted by Gasteiger charge is -2.22. The van der Waals surface area contributed by atoms with Crippen LogP contribution in [0.4, 0.5) is 0 Å². The number of nitrogens with zero attached hydrogens (tertiary/aromatic N) is 2. The summed E-state index contributed by atoms with van der Waals surface area (Å²) in [5.41, 5.74) is 6.04. The molecule has 0 aliphatic heterocycles. The normalized spacial score (nSPS) is 15.2. The molecule has 1 aliphatic rings. The molecule has 0 radical (unpaired) electrons. The van der Waals surface area contributed by atoms with Crippen LogP contribution in [0.1, 0.15) is 29.6 Å². The number of amidine groups is 1. The Morgan fingerprint density at radius 1 is 1.55 bits per heavy atom. The summed E-state index contributed by atoms with van der Waals surface area (Å²) in [5.74, 6) is 0.0700. The largest absolute Gasteiger partial charge is 0.409 e. The third-order valence-electron chi connectivity index (χ3n) is 3.15. The molecule has 3 N–H and O–H groups in total. The van der Waals surface area contributed by atoms with Gasteiger partial charge < -0.3 is 15.8 Å². The minimum Gasteiger partial charge on any atom is -0.409 e. The Hall–Kier alpha value is -1.02. The second-order valence-electron chi connectivity index (χ2n) is 4.70. The molecular formula is C13H15ClIN3O2. The van der Waals surface area contributed by atoms with Crippen LogP contribution in [0.2, 0.25) is 5.02 Å². The third-order valence-corrected chi connectivity index (χ3v) is 4.72. The van der Waals surface area contributed by atoms with E-state index in [4.69, 9.17) is 22.5 Å². The van der Waals surface area contributed by atoms with Gasteiger partial charge in [0.15, 0.2) is 0 Å². The summed E-state index contributed by atoms with van der Waals surface area (Å²) < 4.78 is 0.912. The number of carbonyl (C=O) groups excluding carboxylic acids is 1. The summed E-state index contributed by atoms with van der Waals surface area (Å²) in [6, 6.07) is 5.54. The third kappa shape index (κ3) is 3.76. The van der Waals surface area contributed by atoms with Crippen LogP contribution in [0.15, 0.2) is 23.4 Å². The first-order valence-corrected chi connectivity index (χ1v) is 7.71. The van der Waals surface area contributed by atoms with Crippen LogP contribution in [0.5, 0.6) is 0 Å². The molecule has 1 aromatic carbocycles. The molecule has 2 rings (SSSR count). The first-order chi connectivity index (χ1) is 9.52. The number of hydrogen-bond donors (Lipinski definition) is 2. The number of rotatable bonds is 5. The molecule has 0 saturated heterocycles. The molecule has 1 aliphatic carbocycles. The van der Waals surface area contributed by atoms with Gasteiger partial charge in [-0.2, -0.15) is 0 Å². The van der Waals surface area contributed by atoms with Gasteiger partial charge in [0.05, 0.1) is 5.02 Å². The van der Waals surface area contributed by atoms with E-state index in [-0.39, 0.29) is 17.8 Å². The van der Waals surface area contributed by atoms with Crippen molar-refractivity contribution >= 4 is 45.9 Å². The molecule has 7 heteroatoms. The monoisotopic (exact) mass is 407 g/mol. The van der Waals surface area contributed by atoms with Gasteiger partial charge >= 0.3 is 0 Å². The highest BCUT2D eigenvalue weighted by molar-refractivity contribution is 14.1. The molecule has 1 amide bonds. The maximum atomic E-state index is 12.5. The Morgan fingerprint density at radius 3 is 2.80 bits per heavy atom. The molecule has 0 unspecified atom stereocenters. The second-order valence-corrected chi connectivity index (χ2v) is 6.27. The van der Waals surface area contributed by atoms with Crippen LogP contribution in [-0.2, 0) is 0 Å². The van der Waals surface area contributed by atoms with E-state index in [1.807, 2.05) is 6.07 Å². The summed E-state index contributed by atoms with van der Waals surface area (Å²) >= 11 is 8.18. The summed E-state index contributed by atoms with van der Waals surface area (Å²) in [7, 11) is 0. The molecule has 5 nitrogen and oxygen atoms in total. The molecule has 0 spiro atoms. The Kier molecular flexibility index (Phi) is 5.09. The van der Waals surface area contributed by atoms with E-state index in [1.165, 1.54) is 0 Å². The number of benzene rings is 1. The van der Waals surface area contributed by atoms with Gasteiger partial charge in [-0.15, -0.1) is 0 Å². The molecule has 0 atom stereocenters. The number of hydrogen-bond acceptors (Lipinski definition) is 3. The van der Waals surface area contributed by atoms with E-state index in [9.17, 15) is 4.79 Å². The van der Waals surface area contributed by atoms with Crippen molar-refractivity contribution in [3.63, 3.8) is 0 Å². The van der Waals surface area contributed by atoms with E-state index >= 15 is 0 Å². The van der Waals surface area contributed by atoms with Gasteiger partial charge in [0, 0.05) is 28.1 Å². The first kappa shape index (κ1) is 15.4. The lowest BCUT2D eigenvalue weighted by molar-refractivity contribution is 0.0747. The zero-order valence-electron chi connectivity index (χ0n) is 10.7. The number of oxime groups is 1. The van der Waals surface area contributed by atoms with Crippen LogP contribution >= 0.6 is 34.2 Å². The average molecular weight is 408 g/mol. The SMILES string of the molecule is N/C(CCN(C(=O)c1ccc(I)c(Cl)c1)C1CC1)=N/O. The van der Waals surface area contributed by atoms with Gasteiger partial charge in [-0.1, -0.05) is 16.8 Å². The lowest BCUT2D eigenvalue weighted by atomic mass is 10.2. The number of nitrogens with two attached hydrogens (primary N) is 1. The van der Waals surface area contributed by atoms with Crippen molar-refractivity contribution in [1.82, 2.24) is 4.90 Å². The van der Waals surface area contributed by atoms with Gasteiger partial charge in [-0.3, -0.25) is 4.79 Å². The Morgan fingerprint density at radius 2 is 2.25 bits per heavy atom. The van der Waals surface area contributed by atoms with Crippen molar-refractivity contribution in [2.45, 2.75) is 25.3 Å². The van der Waals surface area contributed by atoms with Crippen molar-refractivity contribution in [3.05, 3.63) is 32.4 Å². The van der Waals surface area contributed by atoms with Crippen molar-refractivity contribution in [1.29, 1.82) is 0 Å². The van der Waals surface area contributed by atoms with E-state index in [1.54, 1.807) is 17.0 Å².